The molecule has 5 aromatic carbocycles. The van der Waals surface area contributed by atoms with Crippen molar-refractivity contribution >= 4 is 29.7 Å². The molecule has 8 heteroatoms. The van der Waals surface area contributed by atoms with Gasteiger partial charge in [-0.05, 0) is 58.2 Å². The standard InChI is InChI=1S/C48H50N2O5S/c1-5-30-54-46(52)44(33-56-48(35-20-10-7-11-21-35,36-22-12-8-13-23-36)37-24-14-9-15-25-37)50(6-2)45(51)43(31-34(3)4)49-47(53)55-32-42-40-28-18-16-26-38(40)39-27-17-19-29-41(39)42/h5,7-29,34,42-44H,1,6,30-33H2,2-4H3,(H,49,53)/t43-,44-/m0/s1. The molecule has 0 radical (unpaired) electrons. The van der Waals surface area contributed by atoms with Gasteiger partial charge in [0.25, 0.3) is 0 Å². The second-order valence-corrected chi connectivity index (χ2v) is 15.5. The third-order valence-corrected chi connectivity index (χ3v) is 11.9. The number of rotatable bonds is 17. The van der Waals surface area contributed by atoms with E-state index >= 15 is 0 Å². The van der Waals surface area contributed by atoms with Crippen molar-refractivity contribution in [1.82, 2.24) is 10.2 Å². The maximum Gasteiger partial charge on any atom is 0.407 e. The SMILES string of the molecule is C=CCOC(=O)[C@H](CSC(c1ccccc1)(c1ccccc1)c1ccccc1)N(CC)C(=O)[C@H](CC(C)C)NC(=O)OCC1c2ccccc2-c2ccccc21. The molecule has 0 spiro atoms. The van der Waals surface area contributed by atoms with Gasteiger partial charge in [0.15, 0.2) is 0 Å². The minimum atomic E-state index is -0.980. The summed E-state index contributed by atoms with van der Waals surface area (Å²) in [5.41, 5.74) is 7.56. The topological polar surface area (TPSA) is 84.9 Å². The van der Waals surface area contributed by atoms with Crippen molar-refractivity contribution in [3.63, 3.8) is 0 Å². The highest BCUT2D eigenvalue weighted by Gasteiger charge is 2.41. The molecule has 2 atom stereocenters. The van der Waals surface area contributed by atoms with Crippen LogP contribution in [0.2, 0.25) is 0 Å². The Balaban J connectivity index is 1.28. The van der Waals surface area contributed by atoms with Crippen LogP contribution in [0.25, 0.3) is 11.1 Å². The second kappa shape index (κ2) is 18.8. The van der Waals surface area contributed by atoms with Crippen LogP contribution >= 0.6 is 11.8 Å². The van der Waals surface area contributed by atoms with E-state index < -0.39 is 28.9 Å². The zero-order valence-electron chi connectivity index (χ0n) is 32.3. The van der Waals surface area contributed by atoms with E-state index in [0.29, 0.717) is 6.42 Å². The van der Waals surface area contributed by atoms with Gasteiger partial charge in [-0.2, -0.15) is 0 Å². The number of thioether (sulfide) groups is 1. The zero-order chi connectivity index (χ0) is 39.5. The van der Waals surface area contributed by atoms with Crippen molar-refractivity contribution in [3.05, 3.63) is 180 Å². The van der Waals surface area contributed by atoms with Crippen LogP contribution in [0.3, 0.4) is 0 Å². The maximum absolute atomic E-state index is 14.7. The minimum absolute atomic E-state index is 0.000363. The van der Waals surface area contributed by atoms with Crippen LogP contribution < -0.4 is 5.32 Å². The number of carbonyl (C=O) groups is 3. The smallest absolute Gasteiger partial charge is 0.407 e. The number of esters is 1. The normalized spacial score (nSPS) is 13.2. The fourth-order valence-electron chi connectivity index (χ4n) is 7.70. The number of hydrogen-bond acceptors (Lipinski definition) is 6. The van der Waals surface area contributed by atoms with E-state index in [4.69, 9.17) is 9.47 Å². The predicted molar refractivity (Wildman–Crippen MR) is 225 cm³/mol. The van der Waals surface area contributed by atoms with Crippen LogP contribution in [0.4, 0.5) is 4.79 Å². The summed E-state index contributed by atoms with van der Waals surface area (Å²) < 4.78 is 10.8. The number of nitrogens with one attached hydrogen (secondary N) is 1. The molecule has 1 aliphatic carbocycles. The molecule has 1 aliphatic rings. The lowest BCUT2D eigenvalue weighted by Crippen LogP contribution is -2.55. The summed E-state index contributed by atoms with van der Waals surface area (Å²) in [5.74, 6) is -0.785. The molecule has 288 valence electrons. The number of alkyl carbamates (subject to hydrolysis) is 1. The summed E-state index contributed by atoms with van der Waals surface area (Å²) in [6.45, 7) is 9.90. The van der Waals surface area contributed by atoms with Gasteiger partial charge < -0.3 is 19.7 Å². The fraction of sp³-hybridized carbons (Fsp3) is 0.271. The van der Waals surface area contributed by atoms with Crippen LogP contribution in [0.15, 0.2) is 152 Å². The van der Waals surface area contributed by atoms with Crippen molar-refractivity contribution < 1.29 is 23.9 Å². The molecular formula is C48H50N2O5S. The molecule has 0 aromatic heterocycles. The number of nitrogens with zero attached hydrogens (tertiary/aromatic N) is 1. The first-order valence-corrected chi connectivity index (χ1v) is 20.3. The van der Waals surface area contributed by atoms with Crippen molar-refractivity contribution in [3.8, 4) is 11.1 Å². The number of fused-ring (bicyclic) bond motifs is 3. The highest BCUT2D eigenvalue weighted by molar-refractivity contribution is 8.00. The number of amides is 2. The van der Waals surface area contributed by atoms with Gasteiger partial charge in [-0.15, -0.1) is 11.8 Å². The Bertz CT molecular complexity index is 1950. The van der Waals surface area contributed by atoms with Crippen molar-refractivity contribution in [2.45, 2.75) is 49.9 Å². The van der Waals surface area contributed by atoms with Gasteiger partial charge in [0.05, 0.1) is 4.75 Å². The summed E-state index contributed by atoms with van der Waals surface area (Å²) in [6.07, 6.45) is 1.18. The Labute approximate surface area is 335 Å². The molecule has 56 heavy (non-hydrogen) atoms. The van der Waals surface area contributed by atoms with Crippen LogP contribution in [-0.2, 0) is 23.8 Å². The Morgan fingerprint density at radius 1 is 0.750 bits per heavy atom. The summed E-state index contributed by atoms with van der Waals surface area (Å²) in [5, 5.41) is 2.89. The molecule has 0 saturated carbocycles. The van der Waals surface area contributed by atoms with E-state index in [1.165, 1.54) is 6.08 Å². The molecule has 2 amide bonds. The number of benzene rings is 5. The quantitative estimate of drug-likeness (QED) is 0.0577. The van der Waals surface area contributed by atoms with Crippen LogP contribution in [0.5, 0.6) is 0 Å². The Hall–Kier alpha value is -5.60. The molecule has 0 bridgehead atoms. The lowest BCUT2D eigenvalue weighted by Gasteiger charge is -2.38. The van der Waals surface area contributed by atoms with Gasteiger partial charge in [-0.3, -0.25) is 4.79 Å². The van der Waals surface area contributed by atoms with Gasteiger partial charge >= 0.3 is 12.1 Å². The molecule has 1 N–H and O–H groups in total. The first-order chi connectivity index (χ1) is 27.3. The van der Waals surface area contributed by atoms with E-state index in [-0.39, 0.29) is 43.3 Å². The molecule has 0 saturated heterocycles. The highest BCUT2D eigenvalue weighted by atomic mass is 32.2. The van der Waals surface area contributed by atoms with Gasteiger partial charge in [0.1, 0.15) is 25.3 Å². The molecule has 5 aromatic rings. The Morgan fingerprint density at radius 2 is 1.23 bits per heavy atom. The minimum Gasteiger partial charge on any atom is -0.460 e. The second-order valence-electron chi connectivity index (χ2n) is 14.3. The highest BCUT2D eigenvalue weighted by Crippen LogP contribution is 2.49. The third-order valence-electron chi connectivity index (χ3n) is 10.3. The van der Waals surface area contributed by atoms with Gasteiger partial charge in [-0.1, -0.05) is 166 Å². The number of ether oxygens (including phenoxy) is 2. The van der Waals surface area contributed by atoms with E-state index in [2.05, 4.69) is 72.6 Å². The summed E-state index contributed by atoms with van der Waals surface area (Å²) in [7, 11) is 0. The Kier molecular flexibility index (Phi) is 13.5. The molecule has 0 unspecified atom stereocenters. The largest absolute Gasteiger partial charge is 0.460 e. The Morgan fingerprint density at radius 3 is 1.70 bits per heavy atom. The van der Waals surface area contributed by atoms with E-state index in [0.717, 1.165) is 38.9 Å². The average molecular weight is 767 g/mol. The predicted octanol–water partition coefficient (Wildman–Crippen LogP) is 9.61. The number of carbonyl (C=O) groups excluding carboxylic acids is 3. The number of likely N-dealkylation sites (N-methyl/N-ethyl adjacent to an activating group) is 1. The molecular weight excluding hydrogens is 717 g/mol. The summed E-state index contributed by atoms with van der Waals surface area (Å²) >= 11 is 1.58. The summed E-state index contributed by atoms with van der Waals surface area (Å²) in [4.78, 5) is 43.9. The third kappa shape index (κ3) is 8.76. The monoisotopic (exact) mass is 766 g/mol. The maximum atomic E-state index is 14.7. The van der Waals surface area contributed by atoms with E-state index in [1.54, 1.807) is 16.7 Å². The first kappa shape index (κ1) is 40.1. The van der Waals surface area contributed by atoms with Crippen molar-refractivity contribution in [2.24, 2.45) is 5.92 Å². The van der Waals surface area contributed by atoms with Crippen molar-refractivity contribution in [2.75, 3.05) is 25.5 Å². The molecule has 0 heterocycles. The summed E-state index contributed by atoms with van der Waals surface area (Å²) in [6, 6.07) is 45.0. The zero-order valence-corrected chi connectivity index (χ0v) is 33.1. The van der Waals surface area contributed by atoms with E-state index in [9.17, 15) is 14.4 Å². The average Bonchev–Trinajstić information content (AvgIpc) is 3.55. The molecule has 6 rings (SSSR count). The van der Waals surface area contributed by atoms with Crippen LogP contribution in [0, 0.1) is 5.92 Å². The molecule has 0 aliphatic heterocycles. The lowest BCUT2D eigenvalue weighted by molar-refractivity contribution is -0.153. The molecule has 7 nitrogen and oxygen atoms in total. The fourth-order valence-corrected chi connectivity index (χ4v) is 9.33. The number of hydrogen-bond donors (Lipinski definition) is 1. The van der Waals surface area contributed by atoms with Gasteiger partial charge in [-0.25, -0.2) is 9.59 Å². The first-order valence-electron chi connectivity index (χ1n) is 19.3. The van der Waals surface area contributed by atoms with E-state index in [1.807, 2.05) is 99.6 Å². The van der Waals surface area contributed by atoms with Crippen LogP contribution in [0.1, 0.15) is 60.9 Å². The van der Waals surface area contributed by atoms with Gasteiger partial charge in [0, 0.05) is 18.2 Å². The van der Waals surface area contributed by atoms with Crippen molar-refractivity contribution in [1.29, 1.82) is 0 Å². The van der Waals surface area contributed by atoms with Gasteiger partial charge in [0.2, 0.25) is 5.91 Å². The van der Waals surface area contributed by atoms with Crippen LogP contribution in [-0.4, -0.2) is 60.5 Å². The molecule has 0 fully saturated rings. The lowest BCUT2D eigenvalue weighted by atomic mass is 9.84.